The van der Waals surface area contributed by atoms with Crippen molar-refractivity contribution in [3.05, 3.63) is 44.4 Å². The quantitative estimate of drug-likeness (QED) is 0.662. The van der Waals surface area contributed by atoms with E-state index in [0.29, 0.717) is 21.7 Å². The van der Waals surface area contributed by atoms with Crippen molar-refractivity contribution < 1.29 is 23.9 Å². The van der Waals surface area contributed by atoms with E-state index in [-0.39, 0.29) is 5.69 Å². The molecule has 7 heteroatoms. The molecule has 0 aromatic carbocycles. The number of nitrogens with one attached hydrogen (secondary N) is 1. The van der Waals surface area contributed by atoms with E-state index in [4.69, 9.17) is 9.47 Å². The van der Waals surface area contributed by atoms with Gasteiger partial charge >= 0.3 is 11.9 Å². The van der Waals surface area contributed by atoms with Gasteiger partial charge in [0.15, 0.2) is 6.10 Å². The van der Waals surface area contributed by atoms with Gasteiger partial charge in [-0.2, -0.15) is 0 Å². The number of esters is 2. The summed E-state index contributed by atoms with van der Waals surface area (Å²) < 4.78 is 9.96. The summed E-state index contributed by atoms with van der Waals surface area (Å²) in [4.78, 5) is 40.7. The second-order valence-corrected chi connectivity index (χ2v) is 6.73. The molecule has 0 bridgehead atoms. The maximum absolute atomic E-state index is 12.6. The molecule has 0 aliphatic carbocycles. The van der Waals surface area contributed by atoms with Crippen LogP contribution in [0.4, 0.5) is 0 Å². The number of aromatic nitrogens is 1. The van der Waals surface area contributed by atoms with Gasteiger partial charge in [0.1, 0.15) is 4.88 Å². The van der Waals surface area contributed by atoms with Crippen LogP contribution < -0.4 is 0 Å². The normalized spacial score (nSPS) is 11.9. The van der Waals surface area contributed by atoms with Gasteiger partial charge in [-0.15, -0.1) is 11.3 Å². The third-order valence-electron chi connectivity index (χ3n) is 3.67. The van der Waals surface area contributed by atoms with Crippen molar-refractivity contribution in [1.82, 2.24) is 4.98 Å². The number of carbonyl (C=O) groups excluding carboxylic acids is 3. The predicted octanol–water partition coefficient (Wildman–Crippen LogP) is 3.22. The Balaban J connectivity index is 2.19. The van der Waals surface area contributed by atoms with E-state index in [9.17, 15) is 14.4 Å². The van der Waals surface area contributed by atoms with Gasteiger partial charge in [0.2, 0.25) is 5.78 Å². The lowest BCUT2D eigenvalue weighted by Crippen LogP contribution is -2.25. The molecule has 6 nitrogen and oxygen atoms in total. The van der Waals surface area contributed by atoms with Crippen molar-refractivity contribution in [2.24, 2.45) is 0 Å². The number of H-pyrrole nitrogens is 1. The molecule has 2 aromatic rings. The van der Waals surface area contributed by atoms with Crippen LogP contribution in [0.5, 0.6) is 0 Å². The van der Waals surface area contributed by atoms with Crippen molar-refractivity contribution in [2.45, 2.75) is 33.8 Å². The minimum Gasteiger partial charge on any atom is -0.465 e. The number of ketones is 1. The highest BCUT2D eigenvalue weighted by atomic mass is 32.1. The molecular formula is C17H19NO5S. The molecule has 0 saturated heterocycles. The molecule has 0 radical (unpaired) electrons. The molecular weight excluding hydrogens is 330 g/mol. The molecule has 0 amide bonds. The lowest BCUT2D eigenvalue weighted by Gasteiger charge is -2.11. The molecule has 0 saturated carbocycles. The largest absolute Gasteiger partial charge is 0.465 e. The summed E-state index contributed by atoms with van der Waals surface area (Å²) >= 11 is 1.31. The molecule has 0 unspecified atom stereocenters. The van der Waals surface area contributed by atoms with Crippen molar-refractivity contribution in [3.8, 4) is 0 Å². The molecule has 0 aliphatic heterocycles. The molecule has 1 N–H and O–H groups in total. The molecule has 128 valence electrons. The molecule has 2 rings (SSSR count). The third kappa shape index (κ3) is 3.41. The van der Waals surface area contributed by atoms with E-state index < -0.39 is 23.8 Å². The van der Waals surface area contributed by atoms with Crippen LogP contribution in [0.3, 0.4) is 0 Å². The average Bonchev–Trinajstić information content (AvgIpc) is 3.09. The monoisotopic (exact) mass is 349 g/mol. The summed E-state index contributed by atoms with van der Waals surface area (Å²) in [5.41, 5.74) is 1.60. The first kappa shape index (κ1) is 17.9. The van der Waals surface area contributed by atoms with Gasteiger partial charge in [-0.05, 0) is 45.4 Å². The third-order valence-corrected chi connectivity index (χ3v) is 4.65. The number of aryl methyl sites for hydroxylation is 2. The molecule has 2 heterocycles. The highest BCUT2D eigenvalue weighted by Crippen LogP contribution is 2.22. The van der Waals surface area contributed by atoms with Gasteiger partial charge in [0.25, 0.3) is 0 Å². The van der Waals surface area contributed by atoms with E-state index in [1.807, 2.05) is 13.0 Å². The van der Waals surface area contributed by atoms with Gasteiger partial charge in [-0.3, -0.25) is 4.79 Å². The summed E-state index contributed by atoms with van der Waals surface area (Å²) in [5.74, 6) is -1.45. The highest BCUT2D eigenvalue weighted by Gasteiger charge is 2.27. The zero-order valence-corrected chi connectivity index (χ0v) is 15.0. The second-order valence-electron chi connectivity index (χ2n) is 5.44. The van der Waals surface area contributed by atoms with Crippen LogP contribution in [0, 0.1) is 20.8 Å². The average molecular weight is 349 g/mol. The van der Waals surface area contributed by atoms with E-state index in [1.165, 1.54) is 25.4 Å². The fraction of sp³-hybridized carbons (Fsp3) is 0.353. The summed E-state index contributed by atoms with van der Waals surface area (Å²) in [6.07, 6.45) is -0.970. The number of methoxy groups -OCH3 is 1. The van der Waals surface area contributed by atoms with Crippen LogP contribution in [0.15, 0.2) is 12.1 Å². The Kier molecular flexibility index (Phi) is 5.23. The zero-order chi connectivity index (χ0) is 18.0. The Morgan fingerprint density at radius 1 is 1.12 bits per heavy atom. The van der Waals surface area contributed by atoms with Crippen molar-refractivity contribution in [2.75, 3.05) is 7.11 Å². The first-order valence-corrected chi connectivity index (χ1v) is 8.17. The lowest BCUT2D eigenvalue weighted by atomic mass is 10.1. The van der Waals surface area contributed by atoms with Gasteiger partial charge in [-0.1, -0.05) is 0 Å². The second kappa shape index (κ2) is 7.00. The number of ether oxygens (including phenoxy) is 2. The number of thiophene rings is 1. The van der Waals surface area contributed by atoms with E-state index >= 15 is 0 Å². The number of carbonyl (C=O) groups is 3. The number of hydrogen-bond acceptors (Lipinski definition) is 6. The lowest BCUT2D eigenvalue weighted by molar-refractivity contribution is 0.0321. The van der Waals surface area contributed by atoms with Crippen LogP contribution in [0.25, 0.3) is 0 Å². The fourth-order valence-corrected chi connectivity index (χ4v) is 3.17. The van der Waals surface area contributed by atoms with Gasteiger partial charge in [-0.25, -0.2) is 9.59 Å². The summed E-state index contributed by atoms with van der Waals surface area (Å²) in [6.45, 7) is 6.73. The number of hydrogen-bond donors (Lipinski definition) is 1. The molecule has 2 aromatic heterocycles. The first-order valence-electron chi connectivity index (χ1n) is 7.35. The van der Waals surface area contributed by atoms with Crippen molar-refractivity contribution in [3.63, 3.8) is 0 Å². The van der Waals surface area contributed by atoms with Crippen LogP contribution in [0.1, 0.15) is 53.6 Å². The fourth-order valence-electron chi connectivity index (χ4n) is 2.42. The standard InChI is InChI=1S/C17H19NO5S/c1-8-6-7-12(24-8)16(20)23-11(4)15(19)14-9(2)13(10(3)18-14)17(21)22-5/h6-7,11,18H,1-5H3/t11-/m0/s1. The summed E-state index contributed by atoms with van der Waals surface area (Å²) in [7, 11) is 1.28. The maximum atomic E-state index is 12.6. The van der Waals surface area contributed by atoms with Crippen molar-refractivity contribution >= 4 is 29.1 Å². The Morgan fingerprint density at radius 2 is 1.79 bits per heavy atom. The minimum atomic E-state index is -0.970. The molecule has 0 spiro atoms. The van der Waals surface area contributed by atoms with Gasteiger partial charge in [0.05, 0.1) is 18.4 Å². The smallest absolute Gasteiger partial charge is 0.349 e. The molecule has 0 aliphatic rings. The van der Waals surface area contributed by atoms with Crippen LogP contribution >= 0.6 is 11.3 Å². The Morgan fingerprint density at radius 3 is 2.33 bits per heavy atom. The Bertz CT molecular complexity index is 802. The highest BCUT2D eigenvalue weighted by molar-refractivity contribution is 7.13. The number of aromatic amines is 1. The SMILES string of the molecule is COC(=O)c1c(C)[nH]c(C(=O)[C@H](C)OC(=O)c2ccc(C)s2)c1C. The Hall–Kier alpha value is -2.41. The topological polar surface area (TPSA) is 85.5 Å². The molecule has 0 fully saturated rings. The minimum absolute atomic E-state index is 0.246. The number of rotatable bonds is 5. The van der Waals surface area contributed by atoms with Crippen molar-refractivity contribution in [1.29, 1.82) is 0 Å². The maximum Gasteiger partial charge on any atom is 0.349 e. The zero-order valence-electron chi connectivity index (χ0n) is 14.2. The van der Waals surface area contributed by atoms with Crippen LogP contribution in [0.2, 0.25) is 0 Å². The summed E-state index contributed by atoms with van der Waals surface area (Å²) in [6, 6.07) is 3.48. The van der Waals surface area contributed by atoms with E-state index in [0.717, 1.165) is 4.88 Å². The van der Waals surface area contributed by atoms with E-state index in [1.54, 1.807) is 19.9 Å². The first-order chi connectivity index (χ1) is 11.3. The molecule has 24 heavy (non-hydrogen) atoms. The van der Waals surface area contributed by atoms with E-state index in [2.05, 4.69) is 4.98 Å². The van der Waals surface area contributed by atoms with Crippen LogP contribution in [-0.2, 0) is 9.47 Å². The van der Waals surface area contributed by atoms with Gasteiger partial charge < -0.3 is 14.5 Å². The number of Topliss-reactive ketones (excluding diaryl/α,β-unsaturated/α-hetero) is 1. The molecule has 1 atom stereocenters. The van der Waals surface area contributed by atoms with Crippen LogP contribution in [-0.4, -0.2) is 35.9 Å². The Labute approximate surface area is 143 Å². The predicted molar refractivity (Wildman–Crippen MR) is 89.9 cm³/mol. The summed E-state index contributed by atoms with van der Waals surface area (Å²) in [5, 5.41) is 0. The van der Waals surface area contributed by atoms with Gasteiger partial charge in [0, 0.05) is 10.6 Å².